The lowest BCUT2D eigenvalue weighted by Crippen LogP contribution is -2.25. The molecule has 1 aliphatic rings. The Morgan fingerprint density at radius 2 is 2.55 bits per heavy atom. The van der Waals surface area contributed by atoms with Gasteiger partial charge in [0.25, 0.3) is 0 Å². The van der Waals surface area contributed by atoms with Gasteiger partial charge in [0.05, 0.1) is 17.0 Å². The molecule has 59 valence electrons. The second-order valence-electron chi connectivity index (χ2n) is 3.24. The normalized spacial score (nSPS) is 21.3. The van der Waals surface area contributed by atoms with Crippen molar-refractivity contribution >= 4 is 11.8 Å². The Morgan fingerprint density at radius 3 is 3.27 bits per heavy atom. The lowest BCUT2D eigenvalue weighted by molar-refractivity contribution is 0.560. The van der Waals surface area contributed by atoms with Gasteiger partial charge >= 0.3 is 0 Å². The lowest BCUT2D eigenvalue weighted by Gasteiger charge is -2.29. The number of aromatic nitrogens is 2. The van der Waals surface area contributed by atoms with Crippen molar-refractivity contribution in [2.45, 2.75) is 25.1 Å². The first-order chi connectivity index (χ1) is 5.20. The first-order valence-corrected chi connectivity index (χ1v) is 4.77. The van der Waals surface area contributed by atoms with E-state index in [4.69, 9.17) is 0 Å². The summed E-state index contributed by atoms with van der Waals surface area (Å²) >= 11 is 1.99. The number of fused-ring (bicyclic) bond motifs is 1. The van der Waals surface area contributed by atoms with Crippen LogP contribution in [0.3, 0.4) is 0 Å². The molecule has 0 bridgehead atoms. The van der Waals surface area contributed by atoms with Crippen LogP contribution in [0.4, 0.5) is 0 Å². The maximum absolute atomic E-state index is 4.13. The summed E-state index contributed by atoms with van der Waals surface area (Å²) in [4.78, 5) is 0. The molecule has 1 aliphatic heterocycles. The largest absolute Gasteiger partial charge is 0.267 e. The standard InChI is InChI=1S/C8H11N2S/c1-8(2)7-3-4-9-10(7)5-6-11-8/h3H,5-6H2,1-2H3. The number of thioether (sulfide) groups is 1. The molecule has 1 aromatic heterocycles. The Kier molecular flexibility index (Phi) is 1.49. The van der Waals surface area contributed by atoms with Crippen LogP contribution in [0.2, 0.25) is 0 Å². The quantitative estimate of drug-likeness (QED) is 0.585. The molecule has 1 aromatic rings. The van der Waals surface area contributed by atoms with Crippen molar-refractivity contribution in [1.29, 1.82) is 0 Å². The molecule has 0 saturated heterocycles. The first-order valence-electron chi connectivity index (χ1n) is 3.78. The zero-order chi connectivity index (χ0) is 7.90. The summed E-state index contributed by atoms with van der Waals surface area (Å²) in [6.07, 6.45) is 2.90. The minimum absolute atomic E-state index is 0.227. The Hall–Kier alpha value is -0.440. The predicted molar refractivity (Wildman–Crippen MR) is 46.5 cm³/mol. The van der Waals surface area contributed by atoms with Crippen molar-refractivity contribution in [1.82, 2.24) is 9.78 Å². The van der Waals surface area contributed by atoms with E-state index in [9.17, 15) is 0 Å². The van der Waals surface area contributed by atoms with Gasteiger partial charge in [-0.15, -0.1) is 11.8 Å². The molecule has 2 heterocycles. The van der Waals surface area contributed by atoms with E-state index in [1.807, 2.05) is 17.8 Å². The van der Waals surface area contributed by atoms with Crippen molar-refractivity contribution in [3.05, 3.63) is 18.0 Å². The Labute approximate surface area is 71.0 Å². The summed E-state index contributed by atoms with van der Waals surface area (Å²) in [5, 5.41) is 4.13. The maximum Gasteiger partial charge on any atom is 0.113 e. The topological polar surface area (TPSA) is 17.8 Å². The molecule has 11 heavy (non-hydrogen) atoms. The third-order valence-corrected chi connectivity index (χ3v) is 3.36. The number of aryl methyl sites for hydroxylation is 1. The summed E-state index contributed by atoms with van der Waals surface area (Å²) < 4.78 is 2.28. The summed E-state index contributed by atoms with van der Waals surface area (Å²) in [6.45, 7) is 5.50. The SMILES string of the molecule is CC1(C)SCCn2n[c]cc21. The van der Waals surface area contributed by atoms with E-state index in [0.717, 1.165) is 12.3 Å². The van der Waals surface area contributed by atoms with Crippen LogP contribution in [0.25, 0.3) is 0 Å². The molecule has 0 fully saturated rings. The molecule has 0 atom stereocenters. The molecule has 2 nitrogen and oxygen atoms in total. The Bertz CT molecular complexity index is 265. The van der Waals surface area contributed by atoms with Crippen molar-refractivity contribution in [2.24, 2.45) is 0 Å². The minimum atomic E-state index is 0.227. The van der Waals surface area contributed by atoms with Crippen molar-refractivity contribution in [3.8, 4) is 0 Å². The van der Waals surface area contributed by atoms with Crippen LogP contribution in [-0.2, 0) is 11.3 Å². The fourth-order valence-corrected chi connectivity index (χ4v) is 2.49. The van der Waals surface area contributed by atoms with Crippen LogP contribution in [0.1, 0.15) is 19.5 Å². The average Bonchev–Trinajstić information content (AvgIpc) is 2.34. The van der Waals surface area contributed by atoms with Gasteiger partial charge < -0.3 is 0 Å². The fraction of sp³-hybridized carbons (Fsp3) is 0.625. The third kappa shape index (κ3) is 1.07. The molecule has 0 N–H and O–H groups in total. The second-order valence-corrected chi connectivity index (χ2v) is 4.96. The fourth-order valence-electron chi connectivity index (χ4n) is 1.40. The first kappa shape index (κ1) is 7.22. The smallest absolute Gasteiger partial charge is 0.113 e. The maximum atomic E-state index is 4.13. The summed E-state index contributed by atoms with van der Waals surface area (Å²) in [5.41, 5.74) is 1.30. The zero-order valence-corrected chi connectivity index (χ0v) is 7.61. The van der Waals surface area contributed by atoms with Crippen LogP contribution in [0.5, 0.6) is 0 Å². The van der Waals surface area contributed by atoms with E-state index in [2.05, 4.69) is 29.8 Å². The van der Waals surface area contributed by atoms with Crippen LogP contribution in [0, 0.1) is 6.20 Å². The minimum Gasteiger partial charge on any atom is -0.267 e. The van der Waals surface area contributed by atoms with Crippen molar-refractivity contribution < 1.29 is 0 Å². The highest BCUT2D eigenvalue weighted by atomic mass is 32.2. The molecule has 0 aliphatic carbocycles. The molecule has 0 saturated carbocycles. The van der Waals surface area contributed by atoms with Gasteiger partial charge in [0, 0.05) is 5.75 Å². The van der Waals surface area contributed by atoms with Gasteiger partial charge in [-0.25, -0.2) is 0 Å². The van der Waals surface area contributed by atoms with Gasteiger partial charge in [-0.2, -0.15) is 5.10 Å². The second kappa shape index (κ2) is 2.27. The number of nitrogens with zero attached hydrogens (tertiary/aromatic N) is 2. The van der Waals surface area contributed by atoms with Crippen LogP contribution < -0.4 is 0 Å². The molecular formula is C8H11N2S. The summed E-state index contributed by atoms with van der Waals surface area (Å²) in [5.74, 6) is 1.16. The molecule has 0 spiro atoms. The van der Waals surface area contributed by atoms with Gasteiger partial charge in [-0.1, -0.05) is 0 Å². The molecule has 3 heteroatoms. The van der Waals surface area contributed by atoms with Crippen LogP contribution >= 0.6 is 11.8 Å². The van der Waals surface area contributed by atoms with Gasteiger partial charge in [0.1, 0.15) is 6.20 Å². The molecule has 0 aromatic carbocycles. The lowest BCUT2D eigenvalue weighted by atomic mass is 10.1. The van der Waals surface area contributed by atoms with E-state index in [-0.39, 0.29) is 4.75 Å². The van der Waals surface area contributed by atoms with E-state index in [1.54, 1.807) is 0 Å². The molecule has 0 amide bonds. The van der Waals surface area contributed by atoms with E-state index in [1.165, 1.54) is 5.69 Å². The molecule has 0 unspecified atom stereocenters. The van der Waals surface area contributed by atoms with Gasteiger partial charge in [0.2, 0.25) is 0 Å². The van der Waals surface area contributed by atoms with Crippen molar-refractivity contribution in [3.63, 3.8) is 0 Å². The third-order valence-electron chi connectivity index (χ3n) is 2.04. The highest BCUT2D eigenvalue weighted by molar-refractivity contribution is 8.00. The molecule has 1 radical (unpaired) electrons. The van der Waals surface area contributed by atoms with E-state index >= 15 is 0 Å². The number of rotatable bonds is 0. The summed E-state index contributed by atoms with van der Waals surface area (Å²) in [6, 6.07) is 1.99. The molecular weight excluding hydrogens is 156 g/mol. The highest BCUT2D eigenvalue weighted by Crippen LogP contribution is 2.38. The number of hydrogen-bond donors (Lipinski definition) is 0. The molecule has 2 rings (SSSR count). The average molecular weight is 167 g/mol. The number of hydrogen-bond acceptors (Lipinski definition) is 2. The van der Waals surface area contributed by atoms with E-state index < -0.39 is 0 Å². The van der Waals surface area contributed by atoms with Crippen LogP contribution in [0.15, 0.2) is 6.07 Å². The van der Waals surface area contributed by atoms with Gasteiger partial charge in [-0.05, 0) is 19.9 Å². The van der Waals surface area contributed by atoms with E-state index in [0.29, 0.717) is 0 Å². The van der Waals surface area contributed by atoms with Gasteiger partial charge in [0.15, 0.2) is 0 Å². The Balaban J connectivity index is 2.48. The van der Waals surface area contributed by atoms with Crippen LogP contribution in [-0.4, -0.2) is 15.5 Å². The predicted octanol–water partition coefficient (Wildman–Crippen LogP) is 1.67. The van der Waals surface area contributed by atoms with Crippen molar-refractivity contribution in [2.75, 3.05) is 5.75 Å². The highest BCUT2D eigenvalue weighted by Gasteiger charge is 2.28. The Morgan fingerprint density at radius 1 is 1.73 bits per heavy atom. The summed E-state index contributed by atoms with van der Waals surface area (Å²) in [7, 11) is 0. The monoisotopic (exact) mass is 167 g/mol. The van der Waals surface area contributed by atoms with Gasteiger partial charge in [-0.3, -0.25) is 4.68 Å². The zero-order valence-electron chi connectivity index (χ0n) is 6.79.